The summed E-state index contributed by atoms with van der Waals surface area (Å²) in [5.41, 5.74) is 7.29. The summed E-state index contributed by atoms with van der Waals surface area (Å²) in [7, 11) is 1.97. The summed E-state index contributed by atoms with van der Waals surface area (Å²) in [6, 6.07) is 5.58. The van der Waals surface area contributed by atoms with Crippen LogP contribution in [-0.4, -0.2) is 32.8 Å². The molecule has 4 heteroatoms. The van der Waals surface area contributed by atoms with Gasteiger partial charge in [0.2, 0.25) is 0 Å². The molecule has 1 aliphatic heterocycles. The fraction of sp³-hybridized carbons (Fsp3) is 0.571. The smallest absolute Gasteiger partial charge is 0.146 e. The van der Waals surface area contributed by atoms with Crippen LogP contribution in [0.3, 0.4) is 0 Å². The molecule has 1 aliphatic rings. The average Bonchev–Trinajstić information content (AvgIpc) is 2.40. The normalized spacial score (nSPS) is 16.8. The summed E-state index contributed by atoms with van der Waals surface area (Å²) in [4.78, 5) is 2.06. The number of benzene rings is 1. The highest BCUT2D eigenvalue weighted by Gasteiger charge is 2.22. The molecule has 0 saturated carbocycles. The number of nitrogens with two attached hydrogens (primary N) is 1. The second-order valence-corrected chi connectivity index (χ2v) is 4.74. The minimum absolute atomic E-state index is 0.157. The van der Waals surface area contributed by atoms with E-state index in [1.54, 1.807) is 6.07 Å². The third-order valence-electron chi connectivity index (χ3n) is 3.58. The Morgan fingerprint density at radius 2 is 2.11 bits per heavy atom. The van der Waals surface area contributed by atoms with Crippen molar-refractivity contribution < 1.29 is 9.13 Å². The first-order valence-corrected chi connectivity index (χ1v) is 6.52. The van der Waals surface area contributed by atoms with Crippen molar-refractivity contribution in [2.75, 3.05) is 31.7 Å². The lowest BCUT2D eigenvalue weighted by molar-refractivity contribution is 0.0853. The van der Waals surface area contributed by atoms with Crippen molar-refractivity contribution in [1.29, 1.82) is 0 Å². The van der Waals surface area contributed by atoms with Crippen LogP contribution in [0.25, 0.3) is 0 Å². The Morgan fingerprint density at radius 3 is 2.78 bits per heavy atom. The van der Waals surface area contributed by atoms with Crippen LogP contribution in [0.15, 0.2) is 18.2 Å². The predicted molar refractivity (Wildman–Crippen MR) is 71.4 cm³/mol. The van der Waals surface area contributed by atoms with Gasteiger partial charge < -0.3 is 15.4 Å². The Bertz CT molecular complexity index is 391. The maximum atomic E-state index is 14.1. The Morgan fingerprint density at radius 1 is 1.39 bits per heavy atom. The van der Waals surface area contributed by atoms with Gasteiger partial charge in [-0.3, -0.25) is 0 Å². The van der Waals surface area contributed by atoms with E-state index >= 15 is 0 Å². The molecule has 2 rings (SSSR count). The number of anilines is 1. The van der Waals surface area contributed by atoms with E-state index in [-0.39, 0.29) is 5.82 Å². The molecular formula is C14H21FN2O. The third-order valence-corrected chi connectivity index (χ3v) is 3.58. The molecular weight excluding hydrogens is 231 g/mol. The van der Waals surface area contributed by atoms with E-state index in [1.807, 2.05) is 13.1 Å². The van der Waals surface area contributed by atoms with Crippen LogP contribution in [0.5, 0.6) is 0 Å². The SMILES string of the molecule is CN(c1c(F)cccc1CCN)C1CCOCC1. The Kier molecular flexibility index (Phi) is 4.55. The van der Waals surface area contributed by atoms with Gasteiger partial charge in [-0.2, -0.15) is 0 Å². The molecule has 0 aliphatic carbocycles. The zero-order chi connectivity index (χ0) is 13.0. The van der Waals surface area contributed by atoms with E-state index in [2.05, 4.69) is 4.90 Å². The second kappa shape index (κ2) is 6.16. The van der Waals surface area contributed by atoms with Crippen molar-refractivity contribution in [3.05, 3.63) is 29.6 Å². The minimum Gasteiger partial charge on any atom is -0.381 e. The van der Waals surface area contributed by atoms with E-state index in [4.69, 9.17) is 10.5 Å². The standard InChI is InChI=1S/C14H21FN2O/c1-17(12-6-9-18-10-7-12)14-11(5-8-16)3-2-4-13(14)15/h2-4,12H,5-10,16H2,1H3. The summed E-state index contributed by atoms with van der Waals surface area (Å²) in [5.74, 6) is -0.157. The lowest BCUT2D eigenvalue weighted by atomic mass is 10.0. The molecule has 100 valence electrons. The zero-order valence-electron chi connectivity index (χ0n) is 10.9. The molecule has 1 saturated heterocycles. The molecule has 0 spiro atoms. The predicted octanol–water partition coefficient (Wildman–Crippen LogP) is 1.94. The zero-order valence-corrected chi connectivity index (χ0v) is 10.9. The van der Waals surface area contributed by atoms with Crippen LogP contribution in [-0.2, 0) is 11.2 Å². The van der Waals surface area contributed by atoms with Gasteiger partial charge in [-0.15, -0.1) is 0 Å². The number of rotatable bonds is 4. The summed E-state index contributed by atoms with van der Waals surface area (Å²) < 4.78 is 19.4. The largest absolute Gasteiger partial charge is 0.381 e. The molecule has 1 aromatic rings. The highest BCUT2D eigenvalue weighted by molar-refractivity contribution is 5.55. The van der Waals surface area contributed by atoms with Crippen molar-refractivity contribution in [2.45, 2.75) is 25.3 Å². The summed E-state index contributed by atoms with van der Waals surface area (Å²) in [6.07, 6.45) is 2.61. The van der Waals surface area contributed by atoms with Crippen LogP contribution in [0.2, 0.25) is 0 Å². The molecule has 2 N–H and O–H groups in total. The van der Waals surface area contributed by atoms with E-state index in [0.29, 0.717) is 24.7 Å². The van der Waals surface area contributed by atoms with Gasteiger partial charge in [0.25, 0.3) is 0 Å². The fourth-order valence-electron chi connectivity index (χ4n) is 2.57. The third kappa shape index (κ3) is 2.82. The van der Waals surface area contributed by atoms with Crippen molar-refractivity contribution in [2.24, 2.45) is 5.73 Å². The van der Waals surface area contributed by atoms with Crippen LogP contribution in [0.1, 0.15) is 18.4 Å². The molecule has 1 heterocycles. The molecule has 0 radical (unpaired) electrons. The highest BCUT2D eigenvalue weighted by atomic mass is 19.1. The fourth-order valence-corrected chi connectivity index (χ4v) is 2.57. The van der Waals surface area contributed by atoms with E-state index in [9.17, 15) is 4.39 Å². The first-order chi connectivity index (χ1) is 8.74. The Hall–Kier alpha value is -1.13. The molecule has 0 bridgehead atoms. The molecule has 0 atom stereocenters. The first kappa shape index (κ1) is 13.3. The number of hydrogen-bond donors (Lipinski definition) is 1. The van der Waals surface area contributed by atoms with Crippen molar-refractivity contribution in [3.8, 4) is 0 Å². The monoisotopic (exact) mass is 252 g/mol. The maximum absolute atomic E-state index is 14.1. The van der Waals surface area contributed by atoms with Crippen molar-refractivity contribution in [3.63, 3.8) is 0 Å². The number of para-hydroxylation sites is 1. The van der Waals surface area contributed by atoms with Crippen molar-refractivity contribution >= 4 is 5.69 Å². The van der Waals surface area contributed by atoms with Gasteiger partial charge >= 0.3 is 0 Å². The summed E-state index contributed by atoms with van der Waals surface area (Å²) in [5, 5.41) is 0. The van der Waals surface area contributed by atoms with E-state index in [0.717, 1.165) is 31.6 Å². The van der Waals surface area contributed by atoms with Gasteiger partial charge in [0.15, 0.2) is 0 Å². The molecule has 3 nitrogen and oxygen atoms in total. The minimum atomic E-state index is -0.157. The van der Waals surface area contributed by atoms with Crippen LogP contribution in [0, 0.1) is 5.82 Å². The van der Waals surface area contributed by atoms with Gasteiger partial charge in [0.1, 0.15) is 5.82 Å². The van der Waals surface area contributed by atoms with Crippen molar-refractivity contribution in [1.82, 2.24) is 0 Å². The van der Waals surface area contributed by atoms with Crippen LogP contribution >= 0.6 is 0 Å². The van der Waals surface area contributed by atoms with Gasteiger partial charge in [0.05, 0.1) is 5.69 Å². The van der Waals surface area contributed by atoms with Gasteiger partial charge in [-0.25, -0.2) is 4.39 Å². The lowest BCUT2D eigenvalue weighted by Crippen LogP contribution is -2.37. The lowest BCUT2D eigenvalue weighted by Gasteiger charge is -2.34. The Labute approximate surface area is 108 Å². The van der Waals surface area contributed by atoms with Gasteiger partial charge in [0, 0.05) is 26.3 Å². The second-order valence-electron chi connectivity index (χ2n) is 4.74. The topological polar surface area (TPSA) is 38.5 Å². The number of nitrogens with zero attached hydrogens (tertiary/aromatic N) is 1. The van der Waals surface area contributed by atoms with Crippen LogP contribution < -0.4 is 10.6 Å². The van der Waals surface area contributed by atoms with E-state index in [1.165, 1.54) is 6.07 Å². The number of hydrogen-bond acceptors (Lipinski definition) is 3. The molecule has 18 heavy (non-hydrogen) atoms. The molecule has 1 fully saturated rings. The van der Waals surface area contributed by atoms with Gasteiger partial charge in [-0.05, 0) is 37.4 Å². The summed E-state index contributed by atoms with van der Waals surface area (Å²) >= 11 is 0. The maximum Gasteiger partial charge on any atom is 0.146 e. The molecule has 0 amide bonds. The average molecular weight is 252 g/mol. The molecule has 0 aromatic heterocycles. The summed E-state index contributed by atoms with van der Waals surface area (Å²) in [6.45, 7) is 2.06. The van der Waals surface area contributed by atoms with Crippen LogP contribution in [0.4, 0.5) is 10.1 Å². The first-order valence-electron chi connectivity index (χ1n) is 6.52. The Balaban J connectivity index is 2.24. The number of ether oxygens (including phenoxy) is 1. The molecule has 1 aromatic carbocycles. The quantitative estimate of drug-likeness (QED) is 0.890. The molecule has 0 unspecified atom stereocenters. The highest BCUT2D eigenvalue weighted by Crippen LogP contribution is 2.28. The van der Waals surface area contributed by atoms with Gasteiger partial charge in [-0.1, -0.05) is 12.1 Å². The van der Waals surface area contributed by atoms with E-state index < -0.39 is 0 Å². The number of halogens is 1.